The van der Waals surface area contributed by atoms with Crippen LogP contribution >= 0.6 is 0 Å². The Labute approximate surface area is 67.4 Å². The van der Waals surface area contributed by atoms with Gasteiger partial charge in [-0.2, -0.15) is 0 Å². The lowest BCUT2D eigenvalue weighted by Gasteiger charge is -2.19. The number of aliphatic hydroxyl groups excluding tert-OH is 1. The lowest BCUT2D eigenvalue weighted by atomic mass is 9.88. The van der Waals surface area contributed by atoms with Crippen LogP contribution in [0.1, 0.15) is 20.8 Å². The third-order valence-corrected chi connectivity index (χ3v) is 1.37. The molecule has 0 aliphatic carbocycles. The number of aliphatic hydroxyl groups is 1. The van der Waals surface area contributed by atoms with Crippen molar-refractivity contribution in [3.8, 4) is 0 Å². The highest BCUT2D eigenvalue weighted by molar-refractivity contribution is 5.87. The number of ketones is 1. The highest BCUT2D eigenvalue weighted by Gasteiger charge is 2.27. The summed E-state index contributed by atoms with van der Waals surface area (Å²) in [5.41, 5.74) is -0.488. The summed E-state index contributed by atoms with van der Waals surface area (Å²) >= 11 is 0. The van der Waals surface area contributed by atoms with Gasteiger partial charge in [-0.3, -0.25) is 4.79 Å². The van der Waals surface area contributed by atoms with Gasteiger partial charge in [0.2, 0.25) is 0 Å². The van der Waals surface area contributed by atoms with Crippen molar-refractivity contribution in [2.45, 2.75) is 26.9 Å². The largest absolute Gasteiger partial charge is 0.383 e. The average Bonchev–Trinajstić information content (AvgIpc) is 1.85. The molecule has 11 heavy (non-hydrogen) atoms. The van der Waals surface area contributed by atoms with Crippen LogP contribution in [0.5, 0.6) is 0 Å². The first-order chi connectivity index (χ1) is 4.89. The molecule has 0 saturated heterocycles. The van der Waals surface area contributed by atoms with E-state index >= 15 is 0 Å². The molecule has 1 atom stereocenters. The quantitative estimate of drug-likeness (QED) is 0.658. The van der Waals surface area contributed by atoms with Crippen LogP contribution in [0.4, 0.5) is 0 Å². The Balaban J connectivity index is 4.03. The van der Waals surface area contributed by atoms with Gasteiger partial charge < -0.3 is 9.84 Å². The Kier molecular flexibility index (Phi) is 3.69. The van der Waals surface area contributed by atoms with Crippen LogP contribution in [0.2, 0.25) is 0 Å². The number of carbonyl (C=O) groups excluding carboxylic acids is 1. The van der Waals surface area contributed by atoms with Crippen molar-refractivity contribution in [2.75, 3.05) is 13.7 Å². The fourth-order valence-corrected chi connectivity index (χ4v) is 0.733. The summed E-state index contributed by atoms with van der Waals surface area (Å²) in [4.78, 5) is 11.2. The molecule has 66 valence electrons. The molecule has 0 aliphatic heterocycles. The summed E-state index contributed by atoms with van der Waals surface area (Å²) in [5, 5.41) is 9.18. The van der Waals surface area contributed by atoms with Gasteiger partial charge in [-0.25, -0.2) is 0 Å². The maximum absolute atomic E-state index is 11.2. The molecule has 0 amide bonds. The molecule has 0 bridgehead atoms. The van der Waals surface area contributed by atoms with Gasteiger partial charge in [0.05, 0.1) is 6.61 Å². The molecule has 0 radical (unpaired) electrons. The second-order valence-electron chi connectivity index (χ2n) is 3.59. The maximum Gasteiger partial charge on any atom is 0.168 e. The Bertz CT molecular complexity index is 135. The minimum absolute atomic E-state index is 0.0795. The van der Waals surface area contributed by atoms with E-state index in [-0.39, 0.29) is 12.4 Å². The summed E-state index contributed by atoms with van der Waals surface area (Å²) < 4.78 is 4.65. The zero-order valence-electron chi connectivity index (χ0n) is 7.55. The normalized spacial score (nSPS) is 14.6. The number of carbonyl (C=O) groups is 1. The molecule has 1 unspecified atom stereocenters. The van der Waals surface area contributed by atoms with Crippen LogP contribution in [0.25, 0.3) is 0 Å². The number of Topliss-reactive ketones (excluding diaryl/α,β-unsaturated/α-hetero) is 1. The van der Waals surface area contributed by atoms with Crippen molar-refractivity contribution in [3.63, 3.8) is 0 Å². The third kappa shape index (κ3) is 3.49. The maximum atomic E-state index is 11.2. The second-order valence-corrected chi connectivity index (χ2v) is 3.59. The van der Waals surface area contributed by atoms with Crippen LogP contribution in [0.3, 0.4) is 0 Å². The van der Waals surface area contributed by atoms with Crippen LogP contribution in [-0.2, 0) is 9.53 Å². The minimum atomic E-state index is -0.986. The molecule has 3 nitrogen and oxygen atoms in total. The van der Waals surface area contributed by atoms with E-state index in [0.717, 1.165) is 0 Å². The van der Waals surface area contributed by atoms with E-state index in [1.807, 2.05) is 0 Å². The lowest BCUT2D eigenvalue weighted by Crippen LogP contribution is -2.35. The molecule has 1 N–H and O–H groups in total. The fraction of sp³-hybridized carbons (Fsp3) is 0.875. The van der Waals surface area contributed by atoms with E-state index in [2.05, 4.69) is 4.74 Å². The predicted molar refractivity (Wildman–Crippen MR) is 42.3 cm³/mol. The minimum Gasteiger partial charge on any atom is -0.383 e. The molecular weight excluding hydrogens is 144 g/mol. The molecular formula is C8H16O3. The van der Waals surface area contributed by atoms with Gasteiger partial charge in [0, 0.05) is 12.5 Å². The summed E-state index contributed by atoms with van der Waals surface area (Å²) in [6, 6.07) is 0. The van der Waals surface area contributed by atoms with E-state index in [0.29, 0.717) is 0 Å². The first-order valence-electron chi connectivity index (χ1n) is 3.61. The Morgan fingerprint density at radius 3 is 2.27 bits per heavy atom. The van der Waals surface area contributed by atoms with Crippen molar-refractivity contribution >= 4 is 5.78 Å². The number of ether oxygens (including phenoxy) is 1. The van der Waals surface area contributed by atoms with Gasteiger partial charge in [-0.1, -0.05) is 20.8 Å². The average molecular weight is 160 g/mol. The summed E-state index contributed by atoms with van der Waals surface area (Å²) in [6.07, 6.45) is -0.986. The Hall–Kier alpha value is -0.410. The standard InChI is InChI=1S/C8H16O3/c1-8(2,3)7(10)6(9)5-11-4/h6,9H,5H2,1-4H3. The van der Waals surface area contributed by atoms with Crippen LogP contribution in [-0.4, -0.2) is 30.7 Å². The molecule has 0 rings (SSSR count). The molecule has 3 heteroatoms. The van der Waals surface area contributed by atoms with E-state index in [1.165, 1.54) is 7.11 Å². The topological polar surface area (TPSA) is 46.5 Å². The monoisotopic (exact) mass is 160 g/mol. The van der Waals surface area contributed by atoms with Crippen molar-refractivity contribution in [1.29, 1.82) is 0 Å². The zero-order chi connectivity index (χ0) is 9.07. The molecule has 0 aromatic rings. The molecule has 0 spiro atoms. The Morgan fingerprint density at radius 1 is 1.55 bits per heavy atom. The van der Waals surface area contributed by atoms with E-state index < -0.39 is 11.5 Å². The highest BCUT2D eigenvalue weighted by atomic mass is 16.5. The zero-order valence-corrected chi connectivity index (χ0v) is 7.55. The van der Waals surface area contributed by atoms with Gasteiger partial charge in [0.15, 0.2) is 5.78 Å². The lowest BCUT2D eigenvalue weighted by molar-refractivity contribution is -0.137. The van der Waals surface area contributed by atoms with E-state index in [9.17, 15) is 9.90 Å². The van der Waals surface area contributed by atoms with Gasteiger partial charge >= 0.3 is 0 Å². The molecule has 0 heterocycles. The summed E-state index contributed by atoms with van der Waals surface area (Å²) in [7, 11) is 1.46. The third-order valence-electron chi connectivity index (χ3n) is 1.37. The van der Waals surface area contributed by atoms with E-state index in [1.54, 1.807) is 20.8 Å². The number of hydrogen-bond acceptors (Lipinski definition) is 3. The van der Waals surface area contributed by atoms with Crippen molar-refractivity contribution in [3.05, 3.63) is 0 Å². The van der Waals surface area contributed by atoms with E-state index in [4.69, 9.17) is 0 Å². The van der Waals surface area contributed by atoms with Crippen molar-refractivity contribution in [1.82, 2.24) is 0 Å². The first-order valence-corrected chi connectivity index (χ1v) is 3.61. The summed E-state index contributed by atoms with van der Waals surface area (Å²) in [6.45, 7) is 5.40. The molecule has 0 fully saturated rings. The first kappa shape index (κ1) is 10.6. The second kappa shape index (κ2) is 3.83. The highest BCUT2D eigenvalue weighted by Crippen LogP contribution is 2.16. The van der Waals surface area contributed by atoms with Crippen LogP contribution in [0.15, 0.2) is 0 Å². The predicted octanol–water partition coefficient (Wildman–Crippen LogP) is 0.609. The number of methoxy groups -OCH3 is 1. The molecule has 0 aromatic heterocycles. The van der Waals surface area contributed by atoms with Gasteiger partial charge in [0.25, 0.3) is 0 Å². The van der Waals surface area contributed by atoms with Crippen molar-refractivity contribution < 1.29 is 14.6 Å². The Morgan fingerprint density at radius 2 is 2.00 bits per heavy atom. The molecule has 0 saturated carbocycles. The fourth-order valence-electron chi connectivity index (χ4n) is 0.733. The van der Waals surface area contributed by atoms with Crippen molar-refractivity contribution in [2.24, 2.45) is 5.41 Å². The number of rotatable bonds is 3. The smallest absolute Gasteiger partial charge is 0.168 e. The van der Waals surface area contributed by atoms with Crippen LogP contribution < -0.4 is 0 Å². The number of hydrogen-bond donors (Lipinski definition) is 1. The SMILES string of the molecule is COCC(O)C(=O)C(C)(C)C. The molecule has 0 aliphatic rings. The molecule has 0 aromatic carbocycles. The van der Waals surface area contributed by atoms with Gasteiger partial charge in [0.1, 0.15) is 6.10 Å². The van der Waals surface area contributed by atoms with Crippen LogP contribution in [0, 0.1) is 5.41 Å². The van der Waals surface area contributed by atoms with Gasteiger partial charge in [-0.15, -0.1) is 0 Å². The summed E-state index contributed by atoms with van der Waals surface area (Å²) in [5.74, 6) is -0.181. The van der Waals surface area contributed by atoms with Gasteiger partial charge in [-0.05, 0) is 0 Å².